The Morgan fingerprint density at radius 1 is 1.18 bits per heavy atom. The molecule has 1 aliphatic carbocycles. The lowest BCUT2D eigenvalue weighted by Crippen LogP contribution is -2.38. The van der Waals surface area contributed by atoms with E-state index < -0.39 is 0 Å². The maximum atomic E-state index is 6.08. The van der Waals surface area contributed by atoms with Crippen molar-refractivity contribution in [2.45, 2.75) is 37.7 Å². The second kappa shape index (κ2) is 6.16. The van der Waals surface area contributed by atoms with E-state index in [1.807, 2.05) is 24.3 Å². The summed E-state index contributed by atoms with van der Waals surface area (Å²) in [5, 5.41) is 1.09. The van der Waals surface area contributed by atoms with Crippen molar-refractivity contribution in [1.82, 2.24) is 9.36 Å². The van der Waals surface area contributed by atoms with Gasteiger partial charge < -0.3 is 9.64 Å². The lowest BCUT2D eigenvalue weighted by atomic mass is 10.1. The van der Waals surface area contributed by atoms with Gasteiger partial charge in [-0.1, -0.05) is 22.0 Å². The van der Waals surface area contributed by atoms with Crippen LogP contribution in [0.3, 0.4) is 0 Å². The molecule has 116 valence electrons. The molecule has 2 heterocycles. The number of anilines is 1. The number of benzene rings is 1. The molecule has 1 saturated carbocycles. The zero-order chi connectivity index (χ0) is 14.9. The normalized spacial score (nSPS) is 19.4. The summed E-state index contributed by atoms with van der Waals surface area (Å²) >= 11 is 5.03. The molecule has 0 bridgehead atoms. The molecule has 0 radical (unpaired) electrons. The predicted molar refractivity (Wildman–Crippen MR) is 91.9 cm³/mol. The molecule has 0 N–H and O–H groups in total. The van der Waals surface area contributed by atoms with Gasteiger partial charge in [-0.25, -0.2) is 4.98 Å². The van der Waals surface area contributed by atoms with Crippen LogP contribution in [0.5, 0.6) is 5.75 Å². The first-order valence-corrected chi connectivity index (χ1v) is 9.35. The molecule has 0 spiro atoms. The van der Waals surface area contributed by atoms with Crippen molar-refractivity contribution in [3.8, 4) is 5.75 Å². The van der Waals surface area contributed by atoms with Gasteiger partial charge in [0.25, 0.3) is 0 Å². The second-order valence-corrected chi connectivity index (χ2v) is 7.62. The molecule has 22 heavy (non-hydrogen) atoms. The molecule has 2 aliphatic rings. The van der Waals surface area contributed by atoms with E-state index in [2.05, 4.69) is 25.2 Å². The Kier molecular flexibility index (Phi) is 4.05. The van der Waals surface area contributed by atoms with Crippen LogP contribution in [0.15, 0.2) is 28.7 Å². The van der Waals surface area contributed by atoms with E-state index in [4.69, 9.17) is 9.72 Å². The molecule has 4 nitrogen and oxygen atoms in total. The lowest BCUT2D eigenvalue weighted by Gasteiger charge is -2.31. The van der Waals surface area contributed by atoms with E-state index >= 15 is 0 Å². The van der Waals surface area contributed by atoms with Gasteiger partial charge >= 0.3 is 0 Å². The highest BCUT2D eigenvalue weighted by atomic mass is 79.9. The number of nitrogens with zero attached hydrogens (tertiary/aromatic N) is 3. The average Bonchev–Trinajstić information content (AvgIpc) is 3.26. The summed E-state index contributed by atoms with van der Waals surface area (Å²) in [6.07, 6.45) is 4.88. The first-order chi connectivity index (χ1) is 10.8. The monoisotopic (exact) mass is 379 g/mol. The molecule has 2 aromatic rings. The van der Waals surface area contributed by atoms with E-state index in [9.17, 15) is 0 Å². The molecule has 1 aliphatic heterocycles. The minimum Gasteiger partial charge on any atom is -0.490 e. The molecule has 1 aromatic carbocycles. The molecule has 2 fully saturated rings. The smallest absolute Gasteiger partial charge is 0.205 e. The Labute approximate surface area is 142 Å². The van der Waals surface area contributed by atoms with Crippen LogP contribution in [0, 0.1) is 0 Å². The van der Waals surface area contributed by atoms with Crippen LogP contribution < -0.4 is 9.64 Å². The van der Waals surface area contributed by atoms with Crippen molar-refractivity contribution >= 4 is 32.6 Å². The highest BCUT2D eigenvalue weighted by Gasteiger charge is 2.29. The molecule has 1 aromatic heterocycles. The van der Waals surface area contributed by atoms with Gasteiger partial charge in [0.2, 0.25) is 5.13 Å². The molecule has 1 saturated heterocycles. The fourth-order valence-electron chi connectivity index (χ4n) is 2.76. The maximum absolute atomic E-state index is 6.08. The van der Waals surface area contributed by atoms with Crippen LogP contribution in [0.2, 0.25) is 0 Å². The summed E-state index contributed by atoms with van der Waals surface area (Å²) in [5.41, 5.74) is 0. The number of hydrogen-bond donors (Lipinski definition) is 0. The minimum absolute atomic E-state index is 0.293. The van der Waals surface area contributed by atoms with Crippen molar-refractivity contribution < 1.29 is 4.74 Å². The predicted octanol–water partition coefficient (Wildman–Crippen LogP) is 4.23. The first-order valence-electron chi connectivity index (χ1n) is 7.79. The first kappa shape index (κ1) is 14.5. The number of piperidine rings is 1. The number of halogens is 1. The fourth-order valence-corrected chi connectivity index (χ4v) is 3.94. The van der Waals surface area contributed by atoms with Gasteiger partial charge in [0.15, 0.2) is 0 Å². The van der Waals surface area contributed by atoms with Gasteiger partial charge in [0, 0.05) is 47.9 Å². The Morgan fingerprint density at radius 2 is 2.00 bits per heavy atom. The highest BCUT2D eigenvalue weighted by Crippen LogP contribution is 2.40. The van der Waals surface area contributed by atoms with E-state index in [-0.39, 0.29) is 0 Å². The SMILES string of the molecule is Brc1cccc(OC2CCN(c3nc(C4CC4)ns3)CC2)c1. The summed E-state index contributed by atoms with van der Waals surface area (Å²) in [4.78, 5) is 7.05. The summed E-state index contributed by atoms with van der Waals surface area (Å²) < 4.78 is 11.6. The maximum Gasteiger partial charge on any atom is 0.205 e. The van der Waals surface area contributed by atoms with E-state index in [0.717, 1.165) is 47.1 Å². The van der Waals surface area contributed by atoms with Crippen LogP contribution >= 0.6 is 27.5 Å². The Hall–Kier alpha value is -1.14. The fraction of sp³-hybridized carbons (Fsp3) is 0.500. The minimum atomic E-state index is 0.293. The largest absolute Gasteiger partial charge is 0.490 e. The molecular weight excluding hydrogens is 362 g/mol. The molecule has 0 unspecified atom stereocenters. The van der Waals surface area contributed by atoms with Gasteiger partial charge in [-0.2, -0.15) is 4.37 Å². The zero-order valence-electron chi connectivity index (χ0n) is 12.2. The lowest BCUT2D eigenvalue weighted by molar-refractivity contribution is 0.171. The van der Waals surface area contributed by atoms with E-state index in [1.54, 1.807) is 11.5 Å². The quantitative estimate of drug-likeness (QED) is 0.796. The Bertz CT molecular complexity index is 650. The van der Waals surface area contributed by atoms with Crippen molar-refractivity contribution in [2.24, 2.45) is 0 Å². The highest BCUT2D eigenvalue weighted by molar-refractivity contribution is 9.10. The summed E-state index contributed by atoms with van der Waals surface area (Å²) in [5.74, 6) is 2.65. The van der Waals surface area contributed by atoms with Gasteiger partial charge in [0.1, 0.15) is 17.7 Å². The topological polar surface area (TPSA) is 38.2 Å². The van der Waals surface area contributed by atoms with E-state index in [1.165, 1.54) is 12.8 Å². The standard InChI is InChI=1S/C16H18BrN3OS/c17-12-2-1-3-14(10-12)21-13-6-8-20(9-7-13)16-18-15(19-22-16)11-4-5-11/h1-3,10-11,13H,4-9H2. The third-order valence-electron chi connectivity index (χ3n) is 4.18. The third kappa shape index (κ3) is 3.27. The van der Waals surface area contributed by atoms with Crippen molar-refractivity contribution in [3.05, 3.63) is 34.6 Å². The Balaban J connectivity index is 1.33. The Morgan fingerprint density at radius 3 is 2.73 bits per heavy atom. The summed E-state index contributed by atoms with van der Waals surface area (Å²) in [7, 11) is 0. The van der Waals surface area contributed by atoms with Crippen LogP contribution in [0.25, 0.3) is 0 Å². The third-order valence-corrected chi connectivity index (χ3v) is 5.47. The number of rotatable bonds is 4. The molecular formula is C16H18BrN3OS. The van der Waals surface area contributed by atoms with Gasteiger partial charge in [-0.15, -0.1) is 0 Å². The summed E-state index contributed by atoms with van der Waals surface area (Å²) in [6.45, 7) is 2.00. The van der Waals surface area contributed by atoms with Gasteiger partial charge in [-0.3, -0.25) is 0 Å². The molecule has 0 amide bonds. The second-order valence-electron chi connectivity index (χ2n) is 5.97. The molecule has 4 rings (SSSR count). The molecule has 6 heteroatoms. The van der Waals surface area contributed by atoms with Crippen LogP contribution in [-0.2, 0) is 0 Å². The number of ether oxygens (including phenoxy) is 1. The van der Waals surface area contributed by atoms with Crippen LogP contribution in [0.1, 0.15) is 37.4 Å². The van der Waals surface area contributed by atoms with Gasteiger partial charge in [-0.05, 0) is 31.0 Å². The molecule has 0 atom stereocenters. The summed E-state index contributed by atoms with van der Waals surface area (Å²) in [6, 6.07) is 8.07. The number of hydrogen-bond acceptors (Lipinski definition) is 5. The van der Waals surface area contributed by atoms with Crippen molar-refractivity contribution in [1.29, 1.82) is 0 Å². The zero-order valence-corrected chi connectivity index (χ0v) is 14.6. The van der Waals surface area contributed by atoms with Crippen LogP contribution in [-0.4, -0.2) is 28.6 Å². The van der Waals surface area contributed by atoms with Gasteiger partial charge in [0.05, 0.1) is 0 Å². The van der Waals surface area contributed by atoms with E-state index in [0.29, 0.717) is 12.0 Å². The number of aromatic nitrogens is 2. The van der Waals surface area contributed by atoms with Crippen LogP contribution in [0.4, 0.5) is 5.13 Å². The van der Waals surface area contributed by atoms with Crippen molar-refractivity contribution in [2.75, 3.05) is 18.0 Å². The van der Waals surface area contributed by atoms with Crippen molar-refractivity contribution in [3.63, 3.8) is 0 Å². The average molecular weight is 380 g/mol.